The quantitative estimate of drug-likeness (QED) is 0.456. The van der Waals surface area contributed by atoms with E-state index in [1.807, 2.05) is 52.1 Å². The van der Waals surface area contributed by atoms with E-state index < -0.39 is 0 Å². The molecule has 0 aliphatic carbocycles. The first-order valence-corrected chi connectivity index (χ1v) is 11.8. The van der Waals surface area contributed by atoms with E-state index in [9.17, 15) is 9.59 Å². The number of carbonyl (C=O) groups excluding carboxylic acids is 2. The summed E-state index contributed by atoms with van der Waals surface area (Å²) >= 11 is 13.6. The van der Waals surface area contributed by atoms with Crippen molar-refractivity contribution in [3.05, 3.63) is 62.4 Å². The lowest BCUT2D eigenvalue weighted by atomic mass is 9.92. The van der Waals surface area contributed by atoms with Crippen LogP contribution in [0.25, 0.3) is 5.69 Å². The van der Waals surface area contributed by atoms with Crippen LogP contribution in [0.4, 0.5) is 5.82 Å². The Hall–Kier alpha value is -2.35. The van der Waals surface area contributed by atoms with Gasteiger partial charge in [0.25, 0.3) is 5.91 Å². The standard InChI is InChI=1S/C23H26Cl2N4O2S/c1-14(2)28(22(31)18-7-6-10-32-18)13-21(30)26-20-12-19(23(3,4)5)27-29(20)15-8-9-16(24)17(25)11-15/h6-12,14H,13H2,1-5H3,(H,26,30). The Kier molecular flexibility index (Phi) is 7.32. The molecule has 2 heterocycles. The van der Waals surface area contributed by atoms with Crippen LogP contribution in [-0.4, -0.2) is 39.1 Å². The fourth-order valence-corrected chi connectivity index (χ4v) is 3.99. The predicted molar refractivity (Wildman–Crippen MR) is 131 cm³/mol. The van der Waals surface area contributed by atoms with Crippen LogP contribution in [0.5, 0.6) is 0 Å². The smallest absolute Gasteiger partial charge is 0.264 e. The molecule has 3 aromatic rings. The van der Waals surface area contributed by atoms with Gasteiger partial charge in [0.1, 0.15) is 12.4 Å². The van der Waals surface area contributed by atoms with Crippen LogP contribution in [0.15, 0.2) is 41.8 Å². The second-order valence-electron chi connectivity index (χ2n) is 8.73. The number of halogens is 2. The molecule has 2 aromatic heterocycles. The molecule has 0 aliphatic rings. The third kappa shape index (κ3) is 5.52. The predicted octanol–water partition coefficient (Wildman–Crippen LogP) is 6.03. The van der Waals surface area contributed by atoms with Crippen LogP contribution < -0.4 is 5.32 Å². The summed E-state index contributed by atoms with van der Waals surface area (Å²) in [6, 6.07) is 10.4. The van der Waals surface area contributed by atoms with Crippen LogP contribution >= 0.6 is 34.5 Å². The van der Waals surface area contributed by atoms with Crippen molar-refractivity contribution in [2.24, 2.45) is 0 Å². The van der Waals surface area contributed by atoms with Gasteiger partial charge in [0.05, 0.1) is 26.3 Å². The fourth-order valence-electron chi connectivity index (χ4n) is 3.02. The first-order valence-electron chi connectivity index (χ1n) is 10.2. The molecule has 0 saturated heterocycles. The Labute approximate surface area is 202 Å². The second kappa shape index (κ2) is 9.65. The molecule has 1 aromatic carbocycles. The van der Waals surface area contributed by atoms with Crippen molar-refractivity contribution < 1.29 is 9.59 Å². The van der Waals surface area contributed by atoms with E-state index in [-0.39, 0.29) is 29.8 Å². The Morgan fingerprint density at radius 3 is 2.44 bits per heavy atom. The second-order valence-corrected chi connectivity index (χ2v) is 10.5. The van der Waals surface area contributed by atoms with E-state index in [1.54, 1.807) is 33.8 Å². The molecule has 0 saturated carbocycles. The summed E-state index contributed by atoms with van der Waals surface area (Å²) in [5, 5.41) is 10.3. The van der Waals surface area contributed by atoms with Gasteiger partial charge in [-0.1, -0.05) is 50.0 Å². The van der Waals surface area contributed by atoms with E-state index in [0.717, 1.165) is 5.69 Å². The topological polar surface area (TPSA) is 67.2 Å². The Morgan fingerprint density at radius 2 is 1.88 bits per heavy atom. The number of hydrogen-bond acceptors (Lipinski definition) is 4. The molecular weight excluding hydrogens is 467 g/mol. The molecule has 1 N–H and O–H groups in total. The van der Waals surface area contributed by atoms with Gasteiger partial charge in [-0.15, -0.1) is 11.3 Å². The lowest BCUT2D eigenvalue weighted by Crippen LogP contribution is -2.42. The van der Waals surface area contributed by atoms with E-state index in [0.29, 0.717) is 26.4 Å². The highest BCUT2D eigenvalue weighted by molar-refractivity contribution is 7.12. The molecule has 0 atom stereocenters. The molecular formula is C23H26Cl2N4O2S. The average Bonchev–Trinajstić information content (AvgIpc) is 3.37. The molecule has 0 spiro atoms. The minimum absolute atomic E-state index is 0.0776. The highest BCUT2D eigenvalue weighted by Crippen LogP contribution is 2.29. The van der Waals surface area contributed by atoms with Crippen LogP contribution in [0.1, 0.15) is 50.0 Å². The molecule has 0 radical (unpaired) electrons. The third-order valence-electron chi connectivity index (χ3n) is 4.82. The minimum atomic E-state index is -0.315. The van der Waals surface area contributed by atoms with Crippen LogP contribution in [0.3, 0.4) is 0 Å². The third-order valence-corrected chi connectivity index (χ3v) is 6.42. The van der Waals surface area contributed by atoms with Gasteiger partial charge in [0.15, 0.2) is 0 Å². The first-order chi connectivity index (χ1) is 15.0. The summed E-state index contributed by atoms with van der Waals surface area (Å²) in [5.74, 6) is 0.00869. The number of anilines is 1. The monoisotopic (exact) mass is 492 g/mol. The molecule has 0 aliphatic heterocycles. The molecule has 0 bridgehead atoms. The fraction of sp³-hybridized carbons (Fsp3) is 0.348. The van der Waals surface area contributed by atoms with Crippen LogP contribution in [0, 0.1) is 0 Å². The number of thiophene rings is 1. The lowest BCUT2D eigenvalue weighted by Gasteiger charge is -2.25. The van der Waals surface area contributed by atoms with Gasteiger partial charge in [-0.3, -0.25) is 9.59 Å². The summed E-state index contributed by atoms with van der Waals surface area (Å²) in [5.41, 5.74) is 1.23. The Balaban J connectivity index is 1.89. The summed E-state index contributed by atoms with van der Waals surface area (Å²) in [6.07, 6.45) is 0. The van der Waals surface area contributed by atoms with Crippen molar-refractivity contribution in [2.75, 3.05) is 11.9 Å². The maximum atomic E-state index is 13.0. The number of amides is 2. The van der Waals surface area contributed by atoms with E-state index >= 15 is 0 Å². The molecule has 2 amide bonds. The van der Waals surface area contributed by atoms with E-state index in [4.69, 9.17) is 23.2 Å². The van der Waals surface area contributed by atoms with Gasteiger partial charge in [-0.25, -0.2) is 4.68 Å². The van der Waals surface area contributed by atoms with Gasteiger partial charge in [-0.05, 0) is 43.5 Å². The number of nitrogens with zero attached hydrogens (tertiary/aromatic N) is 3. The zero-order chi connectivity index (χ0) is 23.6. The summed E-state index contributed by atoms with van der Waals surface area (Å²) in [7, 11) is 0. The van der Waals surface area contributed by atoms with E-state index in [1.165, 1.54) is 11.3 Å². The molecule has 9 heteroatoms. The number of aromatic nitrogens is 2. The number of rotatable bonds is 6. The molecule has 170 valence electrons. The molecule has 3 rings (SSSR count). The van der Waals surface area contributed by atoms with Crippen molar-refractivity contribution in [2.45, 2.75) is 46.1 Å². The van der Waals surface area contributed by atoms with Gasteiger partial charge < -0.3 is 10.2 Å². The van der Waals surface area contributed by atoms with Crippen molar-refractivity contribution in [3.63, 3.8) is 0 Å². The van der Waals surface area contributed by atoms with Gasteiger partial charge in [0.2, 0.25) is 5.91 Å². The maximum absolute atomic E-state index is 13.0. The zero-order valence-corrected chi connectivity index (χ0v) is 21.0. The van der Waals surface area contributed by atoms with E-state index in [2.05, 4.69) is 10.4 Å². The number of benzene rings is 1. The minimum Gasteiger partial charge on any atom is -0.326 e. The normalized spacial score (nSPS) is 11.6. The highest BCUT2D eigenvalue weighted by atomic mass is 35.5. The molecule has 0 fully saturated rings. The van der Waals surface area contributed by atoms with Gasteiger partial charge >= 0.3 is 0 Å². The van der Waals surface area contributed by atoms with Gasteiger partial charge in [0, 0.05) is 17.5 Å². The Bertz CT molecular complexity index is 1120. The molecule has 32 heavy (non-hydrogen) atoms. The van der Waals surface area contributed by atoms with Crippen molar-refractivity contribution in [1.29, 1.82) is 0 Å². The number of hydrogen-bond donors (Lipinski definition) is 1. The zero-order valence-electron chi connectivity index (χ0n) is 18.6. The van der Waals surface area contributed by atoms with Crippen molar-refractivity contribution in [3.8, 4) is 5.69 Å². The Morgan fingerprint density at radius 1 is 1.16 bits per heavy atom. The highest BCUT2D eigenvalue weighted by Gasteiger charge is 2.25. The number of nitrogens with one attached hydrogen (secondary N) is 1. The molecule has 6 nitrogen and oxygen atoms in total. The van der Waals surface area contributed by atoms with Crippen molar-refractivity contribution >= 4 is 52.2 Å². The average molecular weight is 493 g/mol. The van der Waals surface area contributed by atoms with Crippen LogP contribution in [-0.2, 0) is 10.2 Å². The summed E-state index contributed by atoms with van der Waals surface area (Å²) < 4.78 is 1.63. The molecule has 0 unspecified atom stereocenters. The maximum Gasteiger partial charge on any atom is 0.264 e. The van der Waals surface area contributed by atoms with Gasteiger partial charge in [-0.2, -0.15) is 5.10 Å². The number of carbonyl (C=O) groups is 2. The lowest BCUT2D eigenvalue weighted by molar-refractivity contribution is -0.117. The largest absolute Gasteiger partial charge is 0.326 e. The first kappa shape index (κ1) is 24.3. The van der Waals surface area contributed by atoms with Crippen LogP contribution in [0.2, 0.25) is 10.0 Å². The summed E-state index contributed by atoms with van der Waals surface area (Å²) in [4.78, 5) is 28.0. The SMILES string of the molecule is CC(C)N(CC(=O)Nc1cc(C(C)(C)C)nn1-c1ccc(Cl)c(Cl)c1)C(=O)c1cccs1. The van der Waals surface area contributed by atoms with Crippen molar-refractivity contribution in [1.82, 2.24) is 14.7 Å². The summed E-state index contributed by atoms with van der Waals surface area (Å²) in [6.45, 7) is 9.82.